The van der Waals surface area contributed by atoms with Gasteiger partial charge in [-0.15, -0.1) is 0 Å². The number of aromatic nitrogens is 2. The van der Waals surface area contributed by atoms with Gasteiger partial charge in [0, 0.05) is 43.5 Å². The molecular weight excluding hydrogens is 360 g/mol. The molecule has 1 aromatic heterocycles. The van der Waals surface area contributed by atoms with Gasteiger partial charge in [0.15, 0.2) is 0 Å². The zero-order chi connectivity index (χ0) is 18.7. The van der Waals surface area contributed by atoms with Gasteiger partial charge in [0.25, 0.3) is 0 Å². The second-order valence-electron chi connectivity index (χ2n) is 8.02. The number of carbonyl (C=O) groups excluding carboxylic acids is 1. The maximum atomic E-state index is 12.6. The molecule has 3 heterocycles. The Labute approximate surface area is 165 Å². The second kappa shape index (κ2) is 8.03. The van der Waals surface area contributed by atoms with Gasteiger partial charge in [0.2, 0.25) is 5.91 Å². The summed E-state index contributed by atoms with van der Waals surface area (Å²) in [4.78, 5) is 17.2. The fourth-order valence-corrected chi connectivity index (χ4v) is 4.54. The fourth-order valence-electron chi connectivity index (χ4n) is 4.41. The molecule has 2 fully saturated rings. The van der Waals surface area contributed by atoms with Crippen molar-refractivity contribution in [1.29, 1.82) is 0 Å². The van der Waals surface area contributed by atoms with Crippen LogP contribution in [-0.4, -0.2) is 51.7 Å². The first-order valence-corrected chi connectivity index (χ1v) is 10.2. The van der Waals surface area contributed by atoms with E-state index >= 15 is 0 Å². The number of halogens is 1. The van der Waals surface area contributed by atoms with Crippen LogP contribution in [0.25, 0.3) is 0 Å². The summed E-state index contributed by atoms with van der Waals surface area (Å²) >= 11 is 5.96. The molecule has 0 saturated carbocycles. The largest absolute Gasteiger partial charge is 0.338 e. The van der Waals surface area contributed by atoms with Crippen LogP contribution in [0.15, 0.2) is 42.7 Å². The van der Waals surface area contributed by atoms with E-state index in [1.807, 2.05) is 52.3 Å². The van der Waals surface area contributed by atoms with Gasteiger partial charge < -0.3 is 9.80 Å². The van der Waals surface area contributed by atoms with E-state index in [0.717, 1.165) is 62.6 Å². The minimum absolute atomic E-state index is 0.183. The Bertz CT molecular complexity index is 751. The lowest BCUT2D eigenvalue weighted by Crippen LogP contribution is -2.42. The van der Waals surface area contributed by atoms with Crippen LogP contribution >= 0.6 is 11.6 Å². The van der Waals surface area contributed by atoms with E-state index in [9.17, 15) is 4.79 Å². The Hall–Kier alpha value is -1.85. The Morgan fingerprint density at radius 1 is 1.11 bits per heavy atom. The average molecular weight is 387 g/mol. The molecule has 144 valence electrons. The van der Waals surface area contributed by atoms with Crippen molar-refractivity contribution in [2.75, 3.05) is 26.2 Å². The molecule has 0 aliphatic carbocycles. The van der Waals surface area contributed by atoms with Crippen LogP contribution in [0.1, 0.15) is 31.2 Å². The van der Waals surface area contributed by atoms with Gasteiger partial charge in [-0.05, 0) is 68.1 Å². The molecule has 0 unspecified atom stereocenters. The predicted molar refractivity (Wildman–Crippen MR) is 106 cm³/mol. The lowest BCUT2D eigenvalue weighted by molar-refractivity contribution is -0.128. The standard InChI is InChI=1S/C21H27ClN4O/c22-19-5-3-18(4-6-19)16-25-17-21(15-20(25)27)7-13-24(14-8-21)10-2-12-26-11-1-9-23-26/h1,3-6,9,11H,2,7-8,10,12-17H2. The number of hydrogen-bond acceptors (Lipinski definition) is 3. The van der Waals surface area contributed by atoms with Crippen LogP contribution in [-0.2, 0) is 17.9 Å². The Morgan fingerprint density at radius 2 is 1.89 bits per heavy atom. The topological polar surface area (TPSA) is 41.4 Å². The summed E-state index contributed by atoms with van der Waals surface area (Å²) in [6.45, 7) is 5.88. The van der Waals surface area contributed by atoms with Gasteiger partial charge >= 0.3 is 0 Å². The maximum absolute atomic E-state index is 12.6. The third-order valence-corrected chi connectivity index (χ3v) is 6.28. The van der Waals surface area contributed by atoms with Crippen LogP contribution < -0.4 is 0 Å². The lowest BCUT2D eigenvalue weighted by atomic mass is 9.77. The quantitative estimate of drug-likeness (QED) is 0.763. The monoisotopic (exact) mass is 386 g/mol. The molecule has 1 aromatic carbocycles. The zero-order valence-corrected chi connectivity index (χ0v) is 16.4. The van der Waals surface area contributed by atoms with Crippen LogP contribution in [0.4, 0.5) is 0 Å². The van der Waals surface area contributed by atoms with Crippen molar-refractivity contribution >= 4 is 17.5 Å². The third-order valence-electron chi connectivity index (χ3n) is 6.03. The van der Waals surface area contributed by atoms with E-state index in [-0.39, 0.29) is 5.41 Å². The highest BCUT2D eigenvalue weighted by atomic mass is 35.5. The predicted octanol–water partition coefficient (Wildman–Crippen LogP) is 3.44. The van der Waals surface area contributed by atoms with Crippen molar-refractivity contribution in [2.24, 2.45) is 5.41 Å². The van der Waals surface area contributed by atoms with Crippen molar-refractivity contribution in [1.82, 2.24) is 19.6 Å². The molecule has 0 N–H and O–H groups in total. The Balaban J connectivity index is 1.25. The first-order chi connectivity index (χ1) is 13.1. The van der Waals surface area contributed by atoms with Crippen molar-refractivity contribution in [3.05, 3.63) is 53.3 Å². The molecule has 6 heteroatoms. The highest BCUT2D eigenvalue weighted by Crippen LogP contribution is 2.41. The van der Waals surface area contributed by atoms with Crippen LogP contribution in [0.5, 0.6) is 0 Å². The Morgan fingerprint density at radius 3 is 2.59 bits per heavy atom. The van der Waals surface area contributed by atoms with Crippen molar-refractivity contribution in [3.63, 3.8) is 0 Å². The molecule has 0 atom stereocenters. The molecule has 0 bridgehead atoms. The van der Waals surface area contributed by atoms with Crippen LogP contribution in [0.3, 0.4) is 0 Å². The minimum atomic E-state index is 0.183. The van der Waals surface area contributed by atoms with Gasteiger partial charge in [0.1, 0.15) is 0 Å². The van der Waals surface area contributed by atoms with E-state index < -0.39 is 0 Å². The summed E-state index contributed by atoms with van der Waals surface area (Å²) < 4.78 is 2.00. The van der Waals surface area contributed by atoms with Crippen molar-refractivity contribution in [3.8, 4) is 0 Å². The number of piperidine rings is 1. The summed E-state index contributed by atoms with van der Waals surface area (Å²) in [7, 11) is 0. The second-order valence-corrected chi connectivity index (χ2v) is 8.45. The summed E-state index contributed by atoms with van der Waals surface area (Å²) in [5.74, 6) is 0.303. The number of rotatable bonds is 6. The zero-order valence-electron chi connectivity index (χ0n) is 15.7. The van der Waals surface area contributed by atoms with E-state index in [1.54, 1.807) is 0 Å². The number of hydrogen-bond donors (Lipinski definition) is 0. The van der Waals surface area contributed by atoms with Gasteiger partial charge in [-0.3, -0.25) is 9.48 Å². The molecule has 2 saturated heterocycles. The number of benzene rings is 1. The highest BCUT2D eigenvalue weighted by Gasteiger charge is 2.44. The maximum Gasteiger partial charge on any atom is 0.223 e. The first-order valence-electron chi connectivity index (χ1n) is 9.84. The molecular formula is C21H27ClN4O. The Kier molecular flexibility index (Phi) is 5.50. The van der Waals surface area contributed by atoms with Crippen LogP contribution in [0, 0.1) is 5.41 Å². The summed E-state index contributed by atoms with van der Waals surface area (Å²) in [6, 6.07) is 9.80. The molecule has 2 aromatic rings. The summed E-state index contributed by atoms with van der Waals surface area (Å²) in [6.07, 6.45) is 7.93. The van der Waals surface area contributed by atoms with E-state index in [1.165, 1.54) is 0 Å². The molecule has 2 aliphatic rings. The van der Waals surface area contributed by atoms with Gasteiger partial charge in [-0.25, -0.2) is 0 Å². The first kappa shape index (κ1) is 18.5. The molecule has 1 spiro atoms. The van der Waals surface area contributed by atoms with Crippen LogP contribution in [0.2, 0.25) is 5.02 Å². The lowest BCUT2D eigenvalue weighted by Gasteiger charge is -2.38. The van der Waals surface area contributed by atoms with E-state index in [2.05, 4.69) is 10.00 Å². The number of nitrogens with zero attached hydrogens (tertiary/aromatic N) is 4. The average Bonchev–Trinajstić information content (AvgIpc) is 3.28. The minimum Gasteiger partial charge on any atom is -0.338 e. The van der Waals surface area contributed by atoms with Crippen molar-refractivity contribution < 1.29 is 4.79 Å². The van der Waals surface area contributed by atoms with Gasteiger partial charge in [0.05, 0.1) is 0 Å². The fraction of sp³-hybridized carbons (Fsp3) is 0.524. The molecule has 5 nitrogen and oxygen atoms in total. The molecule has 4 rings (SSSR count). The highest BCUT2D eigenvalue weighted by molar-refractivity contribution is 6.30. The molecule has 1 amide bonds. The van der Waals surface area contributed by atoms with E-state index in [4.69, 9.17) is 11.6 Å². The van der Waals surface area contributed by atoms with Gasteiger partial charge in [-0.2, -0.15) is 5.10 Å². The molecule has 2 aliphatic heterocycles. The number of aryl methyl sites for hydroxylation is 1. The normalized spacial score (nSPS) is 19.9. The number of amides is 1. The van der Waals surface area contributed by atoms with E-state index in [0.29, 0.717) is 18.9 Å². The van der Waals surface area contributed by atoms with Gasteiger partial charge in [-0.1, -0.05) is 23.7 Å². The number of carbonyl (C=O) groups is 1. The molecule has 27 heavy (non-hydrogen) atoms. The summed E-state index contributed by atoms with van der Waals surface area (Å²) in [5, 5.41) is 5.00. The van der Waals surface area contributed by atoms with Crippen molar-refractivity contribution in [2.45, 2.75) is 38.8 Å². The SMILES string of the molecule is O=C1CC2(CCN(CCCn3cccn3)CC2)CN1Cc1ccc(Cl)cc1. The smallest absolute Gasteiger partial charge is 0.223 e. The molecule has 0 radical (unpaired) electrons. The third kappa shape index (κ3) is 4.53. The number of likely N-dealkylation sites (tertiary alicyclic amines) is 2. The summed E-state index contributed by atoms with van der Waals surface area (Å²) in [5.41, 5.74) is 1.34.